The van der Waals surface area contributed by atoms with Gasteiger partial charge >= 0.3 is 5.97 Å². The van der Waals surface area contributed by atoms with Gasteiger partial charge in [0.25, 0.3) is 0 Å². The number of carbonyl (C=O) groups is 1. The molecule has 0 unspecified atom stereocenters. The number of esters is 1. The molecule has 0 aromatic heterocycles. The van der Waals surface area contributed by atoms with Crippen molar-refractivity contribution in [1.29, 1.82) is 0 Å². The molecule has 18 heavy (non-hydrogen) atoms. The molecule has 0 radical (unpaired) electrons. The van der Waals surface area contributed by atoms with Crippen LogP contribution in [0.4, 0.5) is 0 Å². The molecule has 2 heterocycles. The van der Waals surface area contributed by atoms with E-state index in [0.29, 0.717) is 19.5 Å². The number of nitrogens with one attached hydrogen (secondary N) is 1. The summed E-state index contributed by atoms with van der Waals surface area (Å²) in [6, 6.07) is 0. The molecule has 0 amide bonds. The largest absolute Gasteiger partial charge is 0.459 e. The minimum absolute atomic E-state index is 0.0877. The Labute approximate surface area is 108 Å². The van der Waals surface area contributed by atoms with Crippen molar-refractivity contribution in [2.45, 2.75) is 32.8 Å². The van der Waals surface area contributed by atoms with Gasteiger partial charge in [0.1, 0.15) is 5.60 Å². The topological polar surface area (TPSA) is 72.5 Å². The van der Waals surface area contributed by atoms with Gasteiger partial charge < -0.3 is 10.1 Å². The molecule has 2 rings (SSSR count). The summed E-state index contributed by atoms with van der Waals surface area (Å²) < 4.78 is 28.8. The molecule has 2 aliphatic rings. The predicted molar refractivity (Wildman–Crippen MR) is 67.9 cm³/mol. The van der Waals surface area contributed by atoms with Crippen LogP contribution in [0.3, 0.4) is 0 Å². The second kappa shape index (κ2) is 4.20. The molecule has 0 bridgehead atoms. The Balaban J connectivity index is 2.22. The standard InChI is InChI=1S/C12H21NO4S/c1-11(2,3)17-10(14)12-4-5-18(15,16)7-9(12)6-13-8-12/h9,13H,4-8H2,1-3H3/t9-,12+/m0/s1. The summed E-state index contributed by atoms with van der Waals surface area (Å²) >= 11 is 0. The maximum absolute atomic E-state index is 12.4. The molecule has 104 valence electrons. The molecule has 0 spiro atoms. The zero-order valence-corrected chi connectivity index (χ0v) is 12.0. The third kappa shape index (κ3) is 2.54. The van der Waals surface area contributed by atoms with E-state index < -0.39 is 20.9 Å². The second-order valence-electron chi connectivity index (χ2n) is 6.35. The number of sulfone groups is 1. The zero-order valence-electron chi connectivity index (χ0n) is 11.2. The molecule has 2 fully saturated rings. The summed E-state index contributed by atoms with van der Waals surface area (Å²) in [6.45, 7) is 6.61. The van der Waals surface area contributed by atoms with Gasteiger partial charge in [-0.05, 0) is 27.2 Å². The first-order chi connectivity index (χ1) is 8.15. The first-order valence-corrected chi connectivity index (χ1v) is 8.11. The number of ether oxygens (including phenoxy) is 1. The van der Waals surface area contributed by atoms with Crippen LogP contribution in [0.1, 0.15) is 27.2 Å². The van der Waals surface area contributed by atoms with Crippen LogP contribution < -0.4 is 5.32 Å². The van der Waals surface area contributed by atoms with Crippen molar-refractivity contribution in [3.63, 3.8) is 0 Å². The van der Waals surface area contributed by atoms with Gasteiger partial charge in [0.2, 0.25) is 0 Å². The van der Waals surface area contributed by atoms with Crippen LogP contribution in [0.25, 0.3) is 0 Å². The summed E-state index contributed by atoms with van der Waals surface area (Å²) in [5.74, 6) is -0.213. The van der Waals surface area contributed by atoms with Crippen LogP contribution in [-0.2, 0) is 19.4 Å². The minimum atomic E-state index is -3.00. The summed E-state index contributed by atoms with van der Waals surface area (Å²) in [7, 11) is -3.00. The van der Waals surface area contributed by atoms with Gasteiger partial charge in [0.05, 0.1) is 16.9 Å². The normalized spacial score (nSPS) is 34.9. The van der Waals surface area contributed by atoms with Crippen molar-refractivity contribution in [2.75, 3.05) is 24.6 Å². The van der Waals surface area contributed by atoms with Gasteiger partial charge in [-0.15, -0.1) is 0 Å². The molecular formula is C12H21NO4S. The van der Waals surface area contributed by atoms with Crippen LogP contribution in [0.5, 0.6) is 0 Å². The number of hydrogen-bond donors (Lipinski definition) is 1. The number of carbonyl (C=O) groups excluding carboxylic acids is 1. The fourth-order valence-corrected chi connectivity index (χ4v) is 4.66. The van der Waals surface area contributed by atoms with Gasteiger partial charge in [-0.25, -0.2) is 8.42 Å². The molecular weight excluding hydrogens is 254 g/mol. The third-order valence-corrected chi connectivity index (χ3v) is 5.47. The molecule has 0 aliphatic carbocycles. The second-order valence-corrected chi connectivity index (χ2v) is 8.58. The fraction of sp³-hybridized carbons (Fsp3) is 0.917. The highest BCUT2D eigenvalue weighted by atomic mass is 32.2. The van der Waals surface area contributed by atoms with E-state index in [1.54, 1.807) is 0 Å². The summed E-state index contributed by atoms with van der Waals surface area (Å²) in [6.07, 6.45) is 0.377. The quantitative estimate of drug-likeness (QED) is 0.699. The predicted octanol–water partition coefficient (Wildman–Crippen LogP) is 0.352. The monoisotopic (exact) mass is 275 g/mol. The van der Waals surface area contributed by atoms with Gasteiger partial charge in [0.15, 0.2) is 9.84 Å². The molecule has 2 atom stereocenters. The Morgan fingerprint density at radius 2 is 2.06 bits per heavy atom. The highest BCUT2D eigenvalue weighted by Gasteiger charge is 2.55. The lowest BCUT2D eigenvalue weighted by molar-refractivity contribution is -0.169. The maximum Gasteiger partial charge on any atom is 0.314 e. The van der Waals surface area contributed by atoms with Gasteiger partial charge in [-0.1, -0.05) is 0 Å². The molecule has 0 aromatic rings. The summed E-state index contributed by atoms with van der Waals surface area (Å²) in [5.41, 5.74) is -1.17. The smallest absolute Gasteiger partial charge is 0.314 e. The van der Waals surface area contributed by atoms with E-state index in [0.717, 1.165) is 0 Å². The first-order valence-electron chi connectivity index (χ1n) is 6.29. The van der Waals surface area contributed by atoms with E-state index >= 15 is 0 Å². The molecule has 2 aliphatic heterocycles. The highest BCUT2D eigenvalue weighted by molar-refractivity contribution is 7.91. The summed E-state index contributed by atoms with van der Waals surface area (Å²) in [4.78, 5) is 12.4. The Bertz CT molecular complexity index is 451. The molecule has 6 heteroatoms. The van der Waals surface area contributed by atoms with E-state index in [1.807, 2.05) is 20.8 Å². The van der Waals surface area contributed by atoms with E-state index in [2.05, 4.69) is 5.32 Å². The lowest BCUT2D eigenvalue weighted by atomic mass is 9.76. The fourth-order valence-electron chi connectivity index (χ4n) is 2.77. The average Bonchev–Trinajstić information content (AvgIpc) is 2.57. The van der Waals surface area contributed by atoms with E-state index in [1.165, 1.54) is 0 Å². The number of rotatable bonds is 1. The van der Waals surface area contributed by atoms with Crippen LogP contribution in [0.2, 0.25) is 0 Å². The van der Waals surface area contributed by atoms with Crippen LogP contribution in [0.15, 0.2) is 0 Å². The van der Waals surface area contributed by atoms with Crippen molar-refractivity contribution in [2.24, 2.45) is 11.3 Å². The van der Waals surface area contributed by atoms with Crippen molar-refractivity contribution >= 4 is 15.8 Å². The van der Waals surface area contributed by atoms with E-state index in [9.17, 15) is 13.2 Å². The first kappa shape index (κ1) is 13.8. The van der Waals surface area contributed by atoms with E-state index in [4.69, 9.17) is 4.74 Å². The lowest BCUT2D eigenvalue weighted by Gasteiger charge is -2.37. The number of fused-ring (bicyclic) bond motifs is 1. The molecule has 0 aromatic carbocycles. The Morgan fingerprint density at radius 3 is 2.67 bits per heavy atom. The van der Waals surface area contributed by atoms with Gasteiger partial charge in [-0.3, -0.25) is 4.79 Å². The van der Waals surface area contributed by atoms with Crippen LogP contribution in [0, 0.1) is 11.3 Å². The van der Waals surface area contributed by atoms with Crippen molar-refractivity contribution in [3.8, 4) is 0 Å². The Morgan fingerprint density at radius 1 is 1.39 bits per heavy atom. The Hall–Kier alpha value is -0.620. The lowest BCUT2D eigenvalue weighted by Crippen LogP contribution is -2.49. The molecule has 1 N–H and O–H groups in total. The van der Waals surface area contributed by atoms with E-state index in [-0.39, 0.29) is 23.4 Å². The minimum Gasteiger partial charge on any atom is -0.459 e. The zero-order chi connectivity index (χ0) is 13.6. The molecule has 0 saturated carbocycles. The average molecular weight is 275 g/mol. The molecule has 5 nitrogen and oxygen atoms in total. The van der Waals surface area contributed by atoms with Crippen molar-refractivity contribution < 1.29 is 17.9 Å². The van der Waals surface area contributed by atoms with Crippen LogP contribution >= 0.6 is 0 Å². The van der Waals surface area contributed by atoms with Crippen molar-refractivity contribution in [1.82, 2.24) is 5.32 Å². The van der Waals surface area contributed by atoms with Crippen molar-refractivity contribution in [3.05, 3.63) is 0 Å². The van der Waals surface area contributed by atoms with Gasteiger partial charge in [0, 0.05) is 19.0 Å². The van der Waals surface area contributed by atoms with Crippen LogP contribution in [-0.4, -0.2) is 44.6 Å². The van der Waals surface area contributed by atoms with Gasteiger partial charge in [-0.2, -0.15) is 0 Å². The Kier molecular flexibility index (Phi) is 3.22. The molecule has 2 saturated heterocycles. The number of hydrogen-bond acceptors (Lipinski definition) is 5. The SMILES string of the molecule is CC(C)(C)OC(=O)[C@@]12CCS(=O)(=O)C[C@@H]1CNC2. The summed E-state index contributed by atoms with van der Waals surface area (Å²) in [5, 5.41) is 3.14. The third-order valence-electron chi connectivity index (χ3n) is 3.73. The maximum atomic E-state index is 12.4. The highest BCUT2D eigenvalue weighted by Crippen LogP contribution is 2.42.